The molecule has 3 heteroatoms. The summed E-state index contributed by atoms with van der Waals surface area (Å²) >= 11 is 0. The van der Waals surface area contributed by atoms with Crippen molar-refractivity contribution < 1.29 is 0 Å². The molecule has 0 aromatic carbocycles. The standard InChI is InChI=1S/C7H5N3/c8-4-2-1-3-7(5-9)6-10/h1,3,7H,2H2. The van der Waals surface area contributed by atoms with E-state index in [4.69, 9.17) is 15.8 Å². The summed E-state index contributed by atoms with van der Waals surface area (Å²) in [5.41, 5.74) is 0. The van der Waals surface area contributed by atoms with Crippen LogP contribution in [0.3, 0.4) is 0 Å². The minimum absolute atomic E-state index is 0.250. The van der Waals surface area contributed by atoms with E-state index < -0.39 is 5.92 Å². The Morgan fingerprint density at radius 2 is 1.80 bits per heavy atom. The molecule has 0 bridgehead atoms. The van der Waals surface area contributed by atoms with Crippen molar-refractivity contribution in [3.63, 3.8) is 0 Å². The molecule has 0 aliphatic heterocycles. The van der Waals surface area contributed by atoms with Gasteiger partial charge in [-0.05, 0) is 0 Å². The zero-order chi connectivity index (χ0) is 7.82. The Labute approximate surface area is 59.4 Å². The quantitative estimate of drug-likeness (QED) is 0.527. The molecule has 3 nitrogen and oxygen atoms in total. The first kappa shape index (κ1) is 8.21. The second-order valence-electron chi connectivity index (χ2n) is 1.53. The molecule has 0 radical (unpaired) electrons. The molecule has 48 valence electrons. The van der Waals surface area contributed by atoms with Crippen LogP contribution in [0.2, 0.25) is 0 Å². The fourth-order valence-corrected chi connectivity index (χ4v) is 0.372. The van der Waals surface area contributed by atoms with Crippen LogP contribution in [0.25, 0.3) is 0 Å². The van der Waals surface area contributed by atoms with Gasteiger partial charge in [-0.2, -0.15) is 15.8 Å². The van der Waals surface area contributed by atoms with Gasteiger partial charge in [-0.25, -0.2) is 0 Å². The highest BCUT2D eigenvalue weighted by molar-refractivity contribution is 5.12. The van der Waals surface area contributed by atoms with Gasteiger partial charge in [0.1, 0.15) is 0 Å². The smallest absolute Gasteiger partial charge is 0.151 e. The Kier molecular flexibility index (Phi) is 4.39. The molecule has 0 unspecified atom stereocenters. The van der Waals surface area contributed by atoms with Gasteiger partial charge in [0.25, 0.3) is 0 Å². The van der Waals surface area contributed by atoms with E-state index in [1.165, 1.54) is 12.2 Å². The van der Waals surface area contributed by atoms with E-state index in [0.717, 1.165) is 0 Å². The van der Waals surface area contributed by atoms with E-state index in [1.807, 2.05) is 6.07 Å². The Balaban J connectivity index is 3.82. The first-order valence-corrected chi connectivity index (χ1v) is 2.68. The lowest BCUT2D eigenvalue weighted by Gasteiger charge is -1.82. The highest BCUT2D eigenvalue weighted by atomic mass is 14.3. The summed E-state index contributed by atoms with van der Waals surface area (Å²) in [7, 11) is 0. The Morgan fingerprint density at radius 3 is 2.20 bits per heavy atom. The summed E-state index contributed by atoms with van der Waals surface area (Å²) in [6.45, 7) is 0. The van der Waals surface area contributed by atoms with Crippen LogP contribution in [0.1, 0.15) is 6.42 Å². The highest BCUT2D eigenvalue weighted by Crippen LogP contribution is 1.94. The maximum absolute atomic E-state index is 8.22. The van der Waals surface area contributed by atoms with Gasteiger partial charge in [0.05, 0.1) is 24.6 Å². The molecule has 0 amide bonds. The monoisotopic (exact) mass is 131 g/mol. The molecule has 0 saturated carbocycles. The van der Waals surface area contributed by atoms with Crippen molar-refractivity contribution in [2.24, 2.45) is 5.92 Å². The van der Waals surface area contributed by atoms with Crippen LogP contribution in [0, 0.1) is 39.9 Å². The second kappa shape index (κ2) is 5.35. The lowest BCUT2D eigenvalue weighted by molar-refractivity contribution is 1.08. The average Bonchev–Trinajstić information content (AvgIpc) is 1.99. The number of hydrogen-bond acceptors (Lipinski definition) is 3. The number of nitriles is 3. The van der Waals surface area contributed by atoms with Crippen LogP contribution in [0.15, 0.2) is 12.2 Å². The number of hydrogen-bond donors (Lipinski definition) is 0. The molecular formula is C7H5N3. The summed E-state index contributed by atoms with van der Waals surface area (Å²) in [6.07, 6.45) is 3.18. The van der Waals surface area contributed by atoms with Gasteiger partial charge in [-0.3, -0.25) is 0 Å². The number of rotatable bonds is 2. The minimum Gasteiger partial charge on any atom is -0.198 e. The third-order valence-electron chi connectivity index (χ3n) is 0.816. The Bertz CT molecular complexity index is 219. The molecule has 10 heavy (non-hydrogen) atoms. The third kappa shape index (κ3) is 3.24. The van der Waals surface area contributed by atoms with Gasteiger partial charge < -0.3 is 0 Å². The van der Waals surface area contributed by atoms with Crippen molar-refractivity contribution >= 4 is 0 Å². The Morgan fingerprint density at radius 1 is 1.20 bits per heavy atom. The van der Waals surface area contributed by atoms with Crippen LogP contribution < -0.4 is 0 Å². The molecule has 0 atom stereocenters. The largest absolute Gasteiger partial charge is 0.198 e. The first-order chi connectivity index (χ1) is 4.85. The summed E-state index contributed by atoms with van der Waals surface area (Å²) in [4.78, 5) is 0. The van der Waals surface area contributed by atoms with E-state index in [9.17, 15) is 0 Å². The molecule has 0 fully saturated rings. The van der Waals surface area contributed by atoms with Crippen LogP contribution >= 0.6 is 0 Å². The van der Waals surface area contributed by atoms with E-state index in [1.54, 1.807) is 12.1 Å². The topological polar surface area (TPSA) is 71.4 Å². The van der Waals surface area contributed by atoms with Crippen LogP contribution in [0.4, 0.5) is 0 Å². The Hall–Kier alpha value is -1.79. The van der Waals surface area contributed by atoms with Crippen LogP contribution in [-0.2, 0) is 0 Å². The predicted molar refractivity (Wildman–Crippen MR) is 34.1 cm³/mol. The van der Waals surface area contributed by atoms with Crippen molar-refractivity contribution in [1.82, 2.24) is 0 Å². The average molecular weight is 131 g/mol. The molecule has 0 rings (SSSR count). The molecule has 0 aliphatic carbocycles. The zero-order valence-electron chi connectivity index (χ0n) is 5.28. The molecule has 0 spiro atoms. The van der Waals surface area contributed by atoms with Crippen LogP contribution in [-0.4, -0.2) is 0 Å². The summed E-state index contributed by atoms with van der Waals surface area (Å²) in [5, 5.41) is 24.5. The lowest BCUT2D eigenvalue weighted by Crippen LogP contribution is -1.83. The summed E-state index contributed by atoms with van der Waals surface area (Å²) < 4.78 is 0. The van der Waals surface area contributed by atoms with Gasteiger partial charge in [0, 0.05) is 0 Å². The third-order valence-corrected chi connectivity index (χ3v) is 0.816. The van der Waals surface area contributed by atoms with Gasteiger partial charge in [0.2, 0.25) is 0 Å². The van der Waals surface area contributed by atoms with Gasteiger partial charge in [-0.15, -0.1) is 0 Å². The fraction of sp³-hybridized carbons (Fsp3) is 0.286. The minimum atomic E-state index is -0.714. The molecule has 0 saturated heterocycles. The van der Waals surface area contributed by atoms with Crippen LogP contribution in [0.5, 0.6) is 0 Å². The van der Waals surface area contributed by atoms with Crippen molar-refractivity contribution in [3.05, 3.63) is 12.2 Å². The molecule has 0 heterocycles. The maximum atomic E-state index is 8.22. The molecule has 0 aliphatic rings. The maximum Gasteiger partial charge on any atom is 0.151 e. The van der Waals surface area contributed by atoms with Crippen molar-refractivity contribution in [3.8, 4) is 18.2 Å². The fourth-order valence-electron chi connectivity index (χ4n) is 0.372. The van der Waals surface area contributed by atoms with Gasteiger partial charge >= 0.3 is 0 Å². The number of nitrogens with zero attached hydrogens (tertiary/aromatic N) is 3. The molecule has 0 N–H and O–H groups in total. The van der Waals surface area contributed by atoms with E-state index >= 15 is 0 Å². The normalized spacial score (nSPS) is 8.60. The SMILES string of the molecule is N#CCC=CC(C#N)C#N. The van der Waals surface area contributed by atoms with Gasteiger partial charge in [0.15, 0.2) is 5.92 Å². The van der Waals surface area contributed by atoms with E-state index in [2.05, 4.69) is 0 Å². The van der Waals surface area contributed by atoms with Gasteiger partial charge in [-0.1, -0.05) is 12.2 Å². The van der Waals surface area contributed by atoms with Crippen molar-refractivity contribution in [1.29, 1.82) is 15.8 Å². The first-order valence-electron chi connectivity index (χ1n) is 2.68. The van der Waals surface area contributed by atoms with E-state index in [-0.39, 0.29) is 6.42 Å². The predicted octanol–water partition coefficient (Wildman–Crippen LogP) is 1.12. The summed E-state index contributed by atoms with van der Waals surface area (Å²) in [5.74, 6) is -0.714. The van der Waals surface area contributed by atoms with E-state index in [0.29, 0.717) is 0 Å². The number of allylic oxidation sites excluding steroid dienone is 2. The van der Waals surface area contributed by atoms with Crippen molar-refractivity contribution in [2.75, 3.05) is 0 Å². The zero-order valence-corrected chi connectivity index (χ0v) is 5.28. The molecule has 0 aromatic rings. The highest BCUT2D eigenvalue weighted by Gasteiger charge is 1.95. The summed E-state index contributed by atoms with van der Waals surface area (Å²) in [6, 6.07) is 5.37. The van der Waals surface area contributed by atoms with Crippen molar-refractivity contribution in [2.45, 2.75) is 6.42 Å². The molecular weight excluding hydrogens is 126 g/mol. The second-order valence-corrected chi connectivity index (χ2v) is 1.53. The lowest BCUT2D eigenvalue weighted by atomic mass is 10.2. The molecule has 0 aromatic heterocycles.